The van der Waals surface area contributed by atoms with E-state index < -0.39 is 11.9 Å². The first-order chi connectivity index (χ1) is 4.72. The third-order valence-electron chi connectivity index (χ3n) is 1.18. The van der Waals surface area contributed by atoms with Gasteiger partial charge in [0.2, 0.25) is 0 Å². The molecule has 0 saturated carbocycles. The Morgan fingerprint density at radius 3 is 2.82 bits per heavy atom. The molecule has 0 fully saturated rings. The second kappa shape index (κ2) is 4.87. The molecule has 1 atom stereocenters. The molecule has 1 aromatic rings. The Morgan fingerprint density at radius 1 is 1.82 bits per heavy atom. The monoisotopic (exact) mass is 179 g/mol. The quantitative estimate of drug-likeness (QED) is 0.455. The third kappa shape index (κ3) is 2.91. The Morgan fingerprint density at radius 2 is 2.45 bits per heavy atom. The molecular formula is C6H6NNaO2S. The first-order valence-corrected chi connectivity index (χ1v) is 3.70. The van der Waals surface area contributed by atoms with Crippen molar-refractivity contribution in [3.05, 3.63) is 16.6 Å². The number of rotatable bonds is 2. The topological polar surface area (TPSA) is 53.0 Å². The molecule has 0 N–H and O–H groups in total. The molecule has 3 nitrogen and oxygen atoms in total. The number of aliphatic carboxylic acids is 1. The van der Waals surface area contributed by atoms with Crippen LogP contribution in [0.15, 0.2) is 11.6 Å². The van der Waals surface area contributed by atoms with Crippen molar-refractivity contribution in [1.29, 1.82) is 0 Å². The summed E-state index contributed by atoms with van der Waals surface area (Å²) < 4.78 is 0. The Bertz CT molecular complexity index is 224. The van der Waals surface area contributed by atoms with Crippen LogP contribution < -0.4 is 34.7 Å². The summed E-state index contributed by atoms with van der Waals surface area (Å²) in [5.41, 5.74) is 0. The van der Waals surface area contributed by atoms with Gasteiger partial charge in [0.15, 0.2) is 0 Å². The molecule has 0 spiro atoms. The Labute approximate surface area is 90.8 Å². The number of nitrogens with zero attached hydrogens (tertiary/aromatic N) is 1. The van der Waals surface area contributed by atoms with Crippen LogP contribution in [0, 0.1) is 0 Å². The average Bonchev–Trinajstić information content (AvgIpc) is 2.36. The van der Waals surface area contributed by atoms with Crippen LogP contribution in [0.4, 0.5) is 0 Å². The first kappa shape index (κ1) is 11.1. The predicted octanol–water partition coefficient (Wildman–Crippen LogP) is -3.00. The third-order valence-corrected chi connectivity index (χ3v) is 2.13. The first-order valence-electron chi connectivity index (χ1n) is 2.82. The number of hydrogen-bond donors (Lipinski definition) is 0. The van der Waals surface area contributed by atoms with Crippen LogP contribution in [0.2, 0.25) is 0 Å². The van der Waals surface area contributed by atoms with Crippen molar-refractivity contribution >= 4 is 17.3 Å². The summed E-state index contributed by atoms with van der Waals surface area (Å²) in [4.78, 5) is 14.1. The fourth-order valence-corrected chi connectivity index (χ4v) is 1.23. The van der Waals surface area contributed by atoms with Gasteiger partial charge in [-0.25, -0.2) is 4.98 Å². The van der Waals surface area contributed by atoms with Gasteiger partial charge in [0, 0.05) is 17.5 Å². The normalized spacial score (nSPS) is 11.7. The van der Waals surface area contributed by atoms with Crippen LogP contribution in [0.25, 0.3) is 0 Å². The summed E-state index contributed by atoms with van der Waals surface area (Å²) in [6, 6.07) is 0. The van der Waals surface area contributed by atoms with Gasteiger partial charge in [0.1, 0.15) is 5.01 Å². The summed E-state index contributed by atoms with van der Waals surface area (Å²) in [6.45, 7) is 1.56. The zero-order valence-electron chi connectivity index (χ0n) is 6.40. The van der Waals surface area contributed by atoms with E-state index in [2.05, 4.69) is 4.98 Å². The fourth-order valence-electron chi connectivity index (χ4n) is 0.549. The molecule has 5 heteroatoms. The molecule has 1 rings (SSSR count). The fraction of sp³-hybridized carbons (Fsp3) is 0.333. The standard InChI is InChI=1S/C6H7NO2S.Na/c1-4(6(8)9)5-7-2-3-10-5;/h2-4H,1H3,(H,8,9);/q;+1/p-1. The maximum atomic E-state index is 10.3. The SMILES string of the molecule is CC(C(=O)[O-])c1nccs1.[Na+]. The number of aromatic nitrogens is 1. The molecule has 54 valence electrons. The van der Waals surface area contributed by atoms with Crippen molar-refractivity contribution in [2.24, 2.45) is 0 Å². The molecule has 0 saturated heterocycles. The zero-order chi connectivity index (χ0) is 7.56. The maximum Gasteiger partial charge on any atom is 1.00 e. The number of carbonyl (C=O) groups excluding carboxylic acids is 1. The molecule has 0 bridgehead atoms. The maximum absolute atomic E-state index is 10.3. The minimum absolute atomic E-state index is 0. The molecule has 0 radical (unpaired) electrons. The Kier molecular flexibility index (Phi) is 4.92. The number of carboxylic acids is 1. The van der Waals surface area contributed by atoms with Gasteiger partial charge in [-0.05, 0) is 0 Å². The van der Waals surface area contributed by atoms with E-state index in [4.69, 9.17) is 0 Å². The van der Waals surface area contributed by atoms with Gasteiger partial charge in [-0.15, -0.1) is 11.3 Å². The van der Waals surface area contributed by atoms with Crippen LogP contribution in [0.1, 0.15) is 17.8 Å². The summed E-state index contributed by atoms with van der Waals surface area (Å²) in [7, 11) is 0. The van der Waals surface area contributed by atoms with Gasteiger partial charge in [0.05, 0.1) is 5.97 Å². The van der Waals surface area contributed by atoms with Gasteiger partial charge in [-0.2, -0.15) is 0 Å². The van der Waals surface area contributed by atoms with Crippen molar-refractivity contribution in [2.75, 3.05) is 0 Å². The summed E-state index contributed by atoms with van der Waals surface area (Å²) in [5, 5.41) is 12.6. The van der Waals surface area contributed by atoms with E-state index in [0.717, 1.165) is 0 Å². The molecular weight excluding hydrogens is 173 g/mol. The van der Waals surface area contributed by atoms with Crippen LogP contribution in [0.3, 0.4) is 0 Å². The molecule has 1 unspecified atom stereocenters. The van der Waals surface area contributed by atoms with Gasteiger partial charge in [-0.3, -0.25) is 0 Å². The second-order valence-corrected chi connectivity index (χ2v) is 2.84. The van der Waals surface area contributed by atoms with Gasteiger partial charge < -0.3 is 9.90 Å². The average molecular weight is 179 g/mol. The predicted molar refractivity (Wildman–Crippen MR) is 35.5 cm³/mol. The van der Waals surface area contributed by atoms with Crippen LogP contribution in [0.5, 0.6) is 0 Å². The molecule has 0 aliphatic carbocycles. The molecule has 0 aliphatic heterocycles. The summed E-state index contributed by atoms with van der Waals surface area (Å²) >= 11 is 1.33. The molecule has 11 heavy (non-hydrogen) atoms. The van der Waals surface area contributed by atoms with Gasteiger partial charge >= 0.3 is 29.6 Å². The minimum atomic E-state index is -1.07. The second-order valence-electron chi connectivity index (χ2n) is 1.91. The number of carbonyl (C=O) groups is 1. The van der Waals surface area contributed by atoms with Crippen LogP contribution >= 0.6 is 11.3 Å². The van der Waals surface area contributed by atoms with E-state index in [1.807, 2.05) is 0 Å². The van der Waals surface area contributed by atoms with Crippen molar-refractivity contribution < 1.29 is 39.5 Å². The molecule has 1 aromatic heterocycles. The Hall–Kier alpha value is 0.1000. The van der Waals surface area contributed by atoms with E-state index in [9.17, 15) is 9.90 Å². The van der Waals surface area contributed by atoms with E-state index in [-0.39, 0.29) is 29.6 Å². The van der Waals surface area contributed by atoms with Crippen molar-refractivity contribution in [3.63, 3.8) is 0 Å². The van der Waals surface area contributed by atoms with E-state index in [1.54, 1.807) is 18.5 Å². The number of hydrogen-bond acceptors (Lipinski definition) is 4. The zero-order valence-corrected chi connectivity index (χ0v) is 9.22. The van der Waals surface area contributed by atoms with Gasteiger partial charge in [0.25, 0.3) is 0 Å². The van der Waals surface area contributed by atoms with Crippen LogP contribution in [-0.2, 0) is 4.79 Å². The molecule has 0 amide bonds. The largest absolute Gasteiger partial charge is 1.00 e. The molecule has 1 heterocycles. The van der Waals surface area contributed by atoms with Crippen molar-refractivity contribution in [2.45, 2.75) is 12.8 Å². The number of thiazole rings is 1. The summed E-state index contributed by atoms with van der Waals surface area (Å²) in [5.74, 6) is -1.66. The number of carboxylic acid groups (broad SMARTS) is 1. The van der Waals surface area contributed by atoms with Crippen LogP contribution in [-0.4, -0.2) is 11.0 Å². The van der Waals surface area contributed by atoms with E-state index in [1.165, 1.54) is 11.3 Å². The van der Waals surface area contributed by atoms with Crippen molar-refractivity contribution in [1.82, 2.24) is 4.98 Å². The van der Waals surface area contributed by atoms with E-state index in [0.29, 0.717) is 5.01 Å². The summed E-state index contributed by atoms with van der Waals surface area (Å²) in [6.07, 6.45) is 1.58. The molecule has 0 aromatic carbocycles. The smallest absolute Gasteiger partial charge is 0.549 e. The van der Waals surface area contributed by atoms with E-state index >= 15 is 0 Å². The van der Waals surface area contributed by atoms with Crippen molar-refractivity contribution in [3.8, 4) is 0 Å². The Balaban J connectivity index is 0.000001000. The molecule has 0 aliphatic rings. The minimum Gasteiger partial charge on any atom is -0.549 e. The van der Waals surface area contributed by atoms with Gasteiger partial charge in [-0.1, -0.05) is 6.92 Å².